The van der Waals surface area contributed by atoms with E-state index in [0.29, 0.717) is 12.2 Å². The first kappa shape index (κ1) is 11.9. The molecule has 0 saturated heterocycles. The number of benzene rings is 1. The fourth-order valence-corrected chi connectivity index (χ4v) is 1.94. The molecule has 0 amide bonds. The van der Waals surface area contributed by atoms with Crippen LogP contribution in [0, 0.1) is 11.3 Å². The first-order valence-electron chi connectivity index (χ1n) is 6.14. The summed E-state index contributed by atoms with van der Waals surface area (Å²) in [5.41, 5.74) is 1.62. The zero-order valence-corrected chi connectivity index (χ0v) is 10.1. The number of hydrogen-bond acceptors (Lipinski definition) is 3. The van der Waals surface area contributed by atoms with Crippen LogP contribution in [-0.2, 0) is 11.3 Å². The van der Waals surface area contributed by atoms with Gasteiger partial charge in [-0.25, -0.2) is 0 Å². The fraction of sp³-hybridized carbons (Fsp3) is 0.500. The summed E-state index contributed by atoms with van der Waals surface area (Å²) in [5, 5.41) is 8.80. The topological polar surface area (TPSA) is 42.2 Å². The summed E-state index contributed by atoms with van der Waals surface area (Å²) in [7, 11) is 0. The second kappa shape index (κ2) is 5.70. The molecule has 3 nitrogen and oxygen atoms in total. The zero-order valence-electron chi connectivity index (χ0n) is 10.1. The molecule has 1 heterocycles. The summed E-state index contributed by atoms with van der Waals surface area (Å²) in [6.45, 7) is 2.73. The van der Waals surface area contributed by atoms with Gasteiger partial charge in [0.1, 0.15) is 5.75 Å². The highest BCUT2D eigenvalue weighted by molar-refractivity contribution is 5.42. The largest absolute Gasteiger partial charge is 0.465 e. The van der Waals surface area contributed by atoms with Crippen LogP contribution < -0.4 is 4.74 Å². The second-order valence-electron chi connectivity index (χ2n) is 4.29. The molecule has 0 aromatic heterocycles. The highest BCUT2D eigenvalue weighted by Gasteiger charge is 2.19. The maximum Gasteiger partial charge on any atom is 0.200 e. The lowest BCUT2D eigenvalue weighted by atomic mass is 10.1. The van der Waals surface area contributed by atoms with Crippen molar-refractivity contribution in [2.75, 3.05) is 0 Å². The average Bonchev–Trinajstić information content (AvgIpc) is 2.38. The first-order valence-corrected chi connectivity index (χ1v) is 6.14. The van der Waals surface area contributed by atoms with E-state index in [1.54, 1.807) is 6.07 Å². The quantitative estimate of drug-likeness (QED) is 0.746. The van der Waals surface area contributed by atoms with Gasteiger partial charge in [0.05, 0.1) is 18.2 Å². The molecule has 2 rings (SSSR count). The van der Waals surface area contributed by atoms with E-state index < -0.39 is 0 Å². The predicted molar refractivity (Wildman–Crippen MR) is 64.5 cm³/mol. The van der Waals surface area contributed by atoms with Gasteiger partial charge in [-0.05, 0) is 24.6 Å². The molecule has 17 heavy (non-hydrogen) atoms. The van der Waals surface area contributed by atoms with Crippen LogP contribution in [0.5, 0.6) is 5.75 Å². The van der Waals surface area contributed by atoms with E-state index in [1.807, 2.05) is 12.1 Å². The van der Waals surface area contributed by atoms with Gasteiger partial charge in [0.2, 0.25) is 0 Å². The van der Waals surface area contributed by atoms with Crippen molar-refractivity contribution in [3.05, 3.63) is 29.3 Å². The highest BCUT2D eigenvalue weighted by atomic mass is 16.7. The maximum absolute atomic E-state index is 8.80. The van der Waals surface area contributed by atoms with E-state index in [0.717, 1.165) is 24.2 Å². The summed E-state index contributed by atoms with van der Waals surface area (Å²) >= 11 is 0. The smallest absolute Gasteiger partial charge is 0.200 e. The number of unbranched alkanes of at least 4 members (excludes halogenated alkanes) is 2. The van der Waals surface area contributed by atoms with Crippen molar-refractivity contribution in [3.63, 3.8) is 0 Å². The van der Waals surface area contributed by atoms with Crippen LogP contribution in [0.3, 0.4) is 0 Å². The van der Waals surface area contributed by atoms with Crippen LogP contribution in [0.25, 0.3) is 0 Å². The number of nitriles is 1. The number of fused-ring (bicyclic) bond motifs is 1. The maximum atomic E-state index is 8.80. The molecule has 1 aromatic rings. The minimum Gasteiger partial charge on any atom is -0.465 e. The summed E-state index contributed by atoms with van der Waals surface area (Å²) in [6.07, 6.45) is 4.36. The summed E-state index contributed by atoms with van der Waals surface area (Å²) < 4.78 is 11.4. The van der Waals surface area contributed by atoms with Crippen molar-refractivity contribution in [1.82, 2.24) is 0 Å². The van der Waals surface area contributed by atoms with Crippen LogP contribution in [0.2, 0.25) is 0 Å². The van der Waals surface area contributed by atoms with Crippen molar-refractivity contribution in [2.24, 2.45) is 0 Å². The Morgan fingerprint density at radius 2 is 2.29 bits per heavy atom. The average molecular weight is 231 g/mol. The molecule has 90 valence electrons. The number of hydrogen-bond donors (Lipinski definition) is 0. The van der Waals surface area contributed by atoms with Gasteiger partial charge in [0.15, 0.2) is 6.29 Å². The van der Waals surface area contributed by atoms with Gasteiger partial charge in [-0.15, -0.1) is 0 Å². The van der Waals surface area contributed by atoms with E-state index in [9.17, 15) is 0 Å². The SMILES string of the molecule is CCCCCC1OCc2cc(C#N)ccc2O1. The van der Waals surface area contributed by atoms with E-state index in [-0.39, 0.29) is 6.29 Å². The van der Waals surface area contributed by atoms with Crippen molar-refractivity contribution < 1.29 is 9.47 Å². The van der Waals surface area contributed by atoms with Crippen LogP contribution in [0.1, 0.15) is 43.7 Å². The minimum absolute atomic E-state index is 0.123. The third-order valence-corrected chi connectivity index (χ3v) is 2.92. The molecule has 0 aliphatic carbocycles. The predicted octanol–water partition coefficient (Wildman–Crippen LogP) is 3.37. The third-order valence-electron chi connectivity index (χ3n) is 2.92. The first-order chi connectivity index (χ1) is 8.33. The van der Waals surface area contributed by atoms with Crippen LogP contribution in [0.15, 0.2) is 18.2 Å². The molecule has 0 spiro atoms. The molecule has 0 fully saturated rings. The van der Waals surface area contributed by atoms with Crippen molar-refractivity contribution in [2.45, 2.75) is 45.5 Å². The molecule has 1 aromatic carbocycles. The van der Waals surface area contributed by atoms with Gasteiger partial charge in [-0.2, -0.15) is 5.26 Å². The highest BCUT2D eigenvalue weighted by Crippen LogP contribution is 2.28. The van der Waals surface area contributed by atoms with E-state index >= 15 is 0 Å². The Labute approximate surface area is 102 Å². The molecule has 1 unspecified atom stereocenters. The molecule has 0 bridgehead atoms. The Morgan fingerprint density at radius 1 is 1.41 bits per heavy atom. The molecule has 1 aliphatic heterocycles. The van der Waals surface area contributed by atoms with E-state index in [2.05, 4.69) is 13.0 Å². The van der Waals surface area contributed by atoms with E-state index in [1.165, 1.54) is 12.8 Å². The molecule has 0 radical (unpaired) electrons. The van der Waals surface area contributed by atoms with Gasteiger partial charge in [0.25, 0.3) is 0 Å². The molecule has 0 saturated carbocycles. The van der Waals surface area contributed by atoms with Crippen molar-refractivity contribution in [3.8, 4) is 11.8 Å². The summed E-state index contributed by atoms with van der Waals surface area (Å²) in [4.78, 5) is 0. The number of ether oxygens (including phenoxy) is 2. The number of rotatable bonds is 4. The molecular weight excluding hydrogens is 214 g/mol. The zero-order chi connectivity index (χ0) is 12.1. The van der Waals surface area contributed by atoms with Crippen LogP contribution in [0.4, 0.5) is 0 Å². The number of nitrogens with zero attached hydrogens (tertiary/aromatic N) is 1. The lowest BCUT2D eigenvalue weighted by molar-refractivity contribution is -0.112. The van der Waals surface area contributed by atoms with Gasteiger partial charge >= 0.3 is 0 Å². The van der Waals surface area contributed by atoms with Gasteiger partial charge < -0.3 is 9.47 Å². The van der Waals surface area contributed by atoms with Gasteiger partial charge in [-0.1, -0.05) is 19.8 Å². The van der Waals surface area contributed by atoms with Crippen LogP contribution >= 0.6 is 0 Å². The standard InChI is InChI=1S/C14H17NO2/c1-2-3-4-5-14-16-10-12-8-11(9-15)6-7-13(12)17-14/h6-8,14H,2-5,10H2,1H3. The lowest BCUT2D eigenvalue weighted by Crippen LogP contribution is -2.25. The molecule has 3 heteroatoms. The fourth-order valence-electron chi connectivity index (χ4n) is 1.94. The summed E-state index contributed by atoms with van der Waals surface area (Å²) in [6, 6.07) is 7.60. The molecule has 1 atom stereocenters. The Bertz CT molecular complexity index is 423. The Kier molecular flexibility index (Phi) is 4.00. The molecular formula is C14H17NO2. The Balaban J connectivity index is 1.97. The third kappa shape index (κ3) is 2.98. The van der Waals surface area contributed by atoms with Gasteiger partial charge in [-0.3, -0.25) is 0 Å². The normalized spacial score (nSPS) is 18.0. The van der Waals surface area contributed by atoms with Gasteiger partial charge in [0, 0.05) is 12.0 Å². The van der Waals surface area contributed by atoms with Crippen LogP contribution in [-0.4, -0.2) is 6.29 Å². The Hall–Kier alpha value is -1.53. The lowest BCUT2D eigenvalue weighted by Gasteiger charge is -2.26. The molecule has 0 N–H and O–H groups in total. The van der Waals surface area contributed by atoms with Crippen molar-refractivity contribution in [1.29, 1.82) is 5.26 Å². The molecule has 1 aliphatic rings. The van der Waals surface area contributed by atoms with Crippen molar-refractivity contribution >= 4 is 0 Å². The second-order valence-corrected chi connectivity index (χ2v) is 4.29. The Morgan fingerprint density at radius 3 is 3.06 bits per heavy atom. The summed E-state index contributed by atoms with van der Waals surface area (Å²) in [5.74, 6) is 0.858. The minimum atomic E-state index is -0.123. The monoisotopic (exact) mass is 231 g/mol. The van der Waals surface area contributed by atoms with E-state index in [4.69, 9.17) is 14.7 Å².